The SMILES string of the molecule is Cc1n[nH]c(C)c1CC(=O)N(CCO)C(C)C. The molecule has 1 aromatic rings. The van der Waals surface area contributed by atoms with Crippen LogP contribution in [-0.2, 0) is 11.2 Å². The first kappa shape index (κ1) is 13.7. The molecule has 1 aromatic heterocycles. The van der Waals surface area contributed by atoms with E-state index in [4.69, 9.17) is 5.11 Å². The summed E-state index contributed by atoms with van der Waals surface area (Å²) < 4.78 is 0. The van der Waals surface area contributed by atoms with Gasteiger partial charge in [0.1, 0.15) is 0 Å². The van der Waals surface area contributed by atoms with Crippen LogP contribution in [0.25, 0.3) is 0 Å². The molecule has 0 saturated heterocycles. The molecule has 96 valence electrons. The molecular weight excluding hydrogens is 218 g/mol. The lowest BCUT2D eigenvalue weighted by Gasteiger charge is -2.26. The second kappa shape index (κ2) is 5.82. The first-order chi connectivity index (χ1) is 7.97. The third-order valence-electron chi connectivity index (χ3n) is 2.89. The summed E-state index contributed by atoms with van der Waals surface area (Å²) in [6.07, 6.45) is 0.340. The molecule has 0 radical (unpaired) electrons. The fourth-order valence-corrected chi connectivity index (χ4v) is 1.87. The molecule has 0 saturated carbocycles. The molecule has 0 fully saturated rings. The molecule has 0 unspecified atom stereocenters. The molecule has 1 amide bonds. The third kappa shape index (κ3) is 3.30. The number of rotatable bonds is 5. The van der Waals surface area contributed by atoms with Crippen molar-refractivity contribution >= 4 is 5.91 Å². The van der Waals surface area contributed by atoms with Crippen molar-refractivity contribution < 1.29 is 9.90 Å². The maximum absolute atomic E-state index is 12.1. The molecule has 1 rings (SSSR count). The Morgan fingerprint density at radius 2 is 2.12 bits per heavy atom. The number of H-pyrrole nitrogens is 1. The van der Waals surface area contributed by atoms with Crippen molar-refractivity contribution in [2.45, 2.75) is 40.2 Å². The molecule has 5 nitrogen and oxygen atoms in total. The maximum atomic E-state index is 12.1. The zero-order valence-corrected chi connectivity index (χ0v) is 10.9. The number of nitrogens with one attached hydrogen (secondary N) is 1. The van der Waals surface area contributed by atoms with E-state index in [2.05, 4.69) is 10.2 Å². The van der Waals surface area contributed by atoms with E-state index in [0.717, 1.165) is 17.0 Å². The van der Waals surface area contributed by atoms with Crippen LogP contribution in [0.2, 0.25) is 0 Å². The van der Waals surface area contributed by atoms with Gasteiger partial charge in [-0.25, -0.2) is 0 Å². The summed E-state index contributed by atoms with van der Waals surface area (Å²) >= 11 is 0. The Labute approximate surface area is 102 Å². The second-order valence-electron chi connectivity index (χ2n) is 4.49. The molecule has 0 aromatic carbocycles. The van der Waals surface area contributed by atoms with E-state index in [1.807, 2.05) is 27.7 Å². The van der Waals surface area contributed by atoms with Gasteiger partial charge in [-0.3, -0.25) is 9.89 Å². The summed E-state index contributed by atoms with van der Waals surface area (Å²) in [5.41, 5.74) is 2.76. The lowest BCUT2D eigenvalue weighted by atomic mass is 10.1. The lowest BCUT2D eigenvalue weighted by Crippen LogP contribution is -2.40. The quantitative estimate of drug-likeness (QED) is 0.798. The predicted octanol–water partition coefficient (Wildman–Crippen LogP) is 0.798. The first-order valence-corrected chi connectivity index (χ1v) is 5.88. The van der Waals surface area contributed by atoms with Crippen LogP contribution in [0.4, 0.5) is 0 Å². The molecule has 0 aliphatic carbocycles. The number of hydrogen-bond donors (Lipinski definition) is 2. The van der Waals surface area contributed by atoms with Crippen LogP contribution in [0.3, 0.4) is 0 Å². The Balaban J connectivity index is 2.77. The lowest BCUT2D eigenvalue weighted by molar-refractivity contribution is -0.132. The highest BCUT2D eigenvalue weighted by molar-refractivity contribution is 5.79. The number of aliphatic hydroxyl groups excluding tert-OH is 1. The van der Waals surface area contributed by atoms with Gasteiger partial charge in [0.05, 0.1) is 18.7 Å². The summed E-state index contributed by atoms with van der Waals surface area (Å²) in [5.74, 6) is 0.0293. The molecule has 0 aliphatic rings. The number of hydrogen-bond acceptors (Lipinski definition) is 3. The van der Waals surface area contributed by atoms with E-state index >= 15 is 0 Å². The molecule has 0 spiro atoms. The smallest absolute Gasteiger partial charge is 0.227 e. The van der Waals surface area contributed by atoms with Gasteiger partial charge in [-0.2, -0.15) is 5.10 Å². The summed E-state index contributed by atoms with van der Waals surface area (Å²) in [4.78, 5) is 13.8. The number of aromatic amines is 1. The fraction of sp³-hybridized carbons (Fsp3) is 0.667. The van der Waals surface area contributed by atoms with Crippen molar-refractivity contribution in [2.24, 2.45) is 0 Å². The van der Waals surface area contributed by atoms with Gasteiger partial charge in [0, 0.05) is 23.8 Å². The number of amides is 1. The van der Waals surface area contributed by atoms with Crippen molar-refractivity contribution in [3.05, 3.63) is 17.0 Å². The number of aryl methyl sites for hydroxylation is 2. The van der Waals surface area contributed by atoms with Crippen LogP contribution in [-0.4, -0.2) is 45.3 Å². The number of aromatic nitrogens is 2. The Morgan fingerprint density at radius 1 is 1.47 bits per heavy atom. The van der Waals surface area contributed by atoms with Gasteiger partial charge in [-0.15, -0.1) is 0 Å². The Bertz CT molecular complexity index is 366. The van der Waals surface area contributed by atoms with Crippen LogP contribution in [0, 0.1) is 13.8 Å². The summed E-state index contributed by atoms with van der Waals surface area (Å²) in [7, 11) is 0. The molecular formula is C12H21N3O2. The first-order valence-electron chi connectivity index (χ1n) is 5.88. The molecule has 0 atom stereocenters. The van der Waals surface area contributed by atoms with Crippen molar-refractivity contribution in [1.29, 1.82) is 0 Å². The van der Waals surface area contributed by atoms with Crippen LogP contribution >= 0.6 is 0 Å². The van der Waals surface area contributed by atoms with E-state index in [0.29, 0.717) is 13.0 Å². The Morgan fingerprint density at radius 3 is 2.53 bits per heavy atom. The maximum Gasteiger partial charge on any atom is 0.227 e. The van der Waals surface area contributed by atoms with Gasteiger partial charge in [-0.05, 0) is 27.7 Å². The normalized spacial score (nSPS) is 10.9. The van der Waals surface area contributed by atoms with Gasteiger partial charge in [0.2, 0.25) is 5.91 Å². The summed E-state index contributed by atoms with van der Waals surface area (Å²) in [6, 6.07) is 0.0992. The molecule has 17 heavy (non-hydrogen) atoms. The molecule has 1 heterocycles. The molecule has 0 aliphatic heterocycles. The number of carbonyl (C=O) groups is 1. The number of nitrogens with zero attached hydrogens (tertiary/aromatic N) is 2. The zero-order valence-electron chi connectivity index (χ0n) is 10.9. The molecule has 2 N–H and O–H groups in total. The monoisotopic (exact) mass is 239 g/mol. The van der Waals surface area contributed by atoms with Crippen LogP contribution < -0.4 is 0 Å². The average molecular weight is 239 g/mol. The standard InChI is InChI=1S/C12H21N3O2/c1-8(2)15(5-6-16)12(17)7-11-9(3)13-14-10(11)4/h8,16H,5-7H2,1-4H3,(H,13,14). The predicted molar refractivity (Wildman–Crippen MR) is 65.7 cm³/mol. The Kier molecular flexibility index (Phi) is 4.69. The van der Waals surface area contributed by atoms with Gasteiger partial charge in [0.25, 0.3) is 0 Å². The zero-order chi connectivity index (χ0) is 13.0. The highest BCUT2D eigenvalue weighted by Gasteiger charge is 2.19. The summed E-state index contributed by atoms with van der Waals surface area (Å²) in [6.45, 7) is 8.07. The van der Waals surface area contributed by atoms with E-state index in [1.165, 1.54) is 0 Å². The van der Waals surface area contributed by atoms with E-state index in [-0.39, 0.29) is 18.6 Å². The minimum atomic E-state index is -0.00668. The van der Waals surface area contributed by atoms with Crippen molar-refractivity contribution in [3.63, 3.8) is 0 Å². The average Bonchev–Trinajstić information content (AvgIpc) is 2.57. The highest BCUT2D eigenvalue weighted by Crippen LogP contribution is 2.12. The molecule has 5 heteroatoms. The molecule has 0 bridgehead atoms. The highest BCUT2D eigenvalue weighted by atomic mass is 16.3. The number of carbonyl (C=O) groups excluding carboxylic acids is 1. The van der Waals surface area contributed by atoms with Crippen LogP contribution in [0.1, 0.15) is 30.8 Å². The topological polar surface area (TPSA) is 69.2 Å². The second-order valence-corrected chi connectivity index (χ2v) is 4.49. The van der Waals surface area contributed by atoms with Crippen LogP contribution in [0.15, 0.2) is 0 Å². The Hall–Kier alpha value is -1.36. The van der Waals surface area contributed by atoms with Gasteiger partial charge < -0.3 is 10.0 Å². The van der Waals surface area contributed by atoms with Crippen LogP contribution in [0.5, 0.6) is 0 Å². The van der Waals surface area contributed by atoms with Gasteiger partial charge in [-0.1, -0.05) is 0 Å². The number of aliphatic hydroxyl groups is 1. The van der Waals surface area contributed by atoms with Crippen molar-refractivity contribution in [1.82, 2.24) is 15.1 Å². The van der Waals surface area contributed by atoms with Crippen molar-refractivity contribution in [3.8, 4) is 0 Å². The van der Waals surface area contributed by atoms with E-state index < -0.39 is 0 Å². The van der Waals surface area contributed by atoms with Crippen molar-refractivity contribution in [2.75, 3.05) is 13.2 Å². The minimum Gasteiger partial charge on any atom is -0.395 e. The summed E-state index contributed by atoms with van der Waals surface area (Å²) in [5, 5.41) is 15.9. The van der Waals surface area contributed by atoms with E-state index in [1.54, 1.807) is 4.90 Å². The van der Waals surface area contributed by atoms with Gasteiger partial charge in [0.15, 0.2) is 0 Å². The van der Waals surface area contributed by atoms with E-state index in [9.17, 15) is 4.79 Å². The largest absolute Gasteiger partial charge is 0.395 e. The minimum absolute atomic E-state index is 0.00668. The fourth-order valence-electron chi connectivity index (χ4n) is 1.87. The third-order valence-corrected chi connectivity index (χ3v) is 2.89. The van der Waals surface area contributed by atoms with Gasteiger partial charge >= 0.3 is 0 Å².